The van der Waals surface area contributed by atoms with Crippen LogP contribution in [0.3, 0.4) is 0 Å². The van der Waals surface area contributed by atoms with Gasteiger partial charge in [-0.2, -0.15) is 5.10 Å². The topological polar surface area (TPSA) is 111 Å². The van der Waals surface area contributed by atoms with E-state index in [-0.39, 0.29) is 11.3 Å². The maximum atomic E-state index is 11.2. The molecule has 0 radical (unpaired) electrons. The van der Waals surface area contributed by atoms with Gasteiger partial charge in [0.2, 0.25) is 0 Å². The Morgan fingerprint density at radius 2 is 1.95 bits per heavy atom. The average molecular weight is 284 g/mol. The average Bonchev–Trinajstić information content (AvgIpc) is 2.95. The van der Waals surface area contributed by atoms with Gasteiger partial charge >= 0.3 is 11.7 Å². The SMILES string of the molecule is O=C(O)c1cnc(-n2cc([N+](=O)[O-])cn2)c2ccccc12. The van der Waals surface area contributed by atoms with Crippen molar-refractivity contribution in [2.24, 2.45) is 0 Å². The van der Waals surface area contributed by atoms with Gasteiger partial charge in [-0.05, 0) is 0 Å². The number of hydrogen-bond donors (Lipinski definition) is 1. The standard InChI is InChI=1S/C13H8N4O4/c18-13(19)11-6-14-12(10-4-2-1-3-9(10)11)16-7-8(5-15-16)17(20)21/h1-7H,(H,18,19). The van der Waals surface area contributed by atoms with Crippen molar-refractivity contribution in [2.75, 3.05) is 0 Å². The molecule has 0 aliphatic carbocycles. The Morgan fingerprint density at radius 1 is 1.24 bits per heavy atom. The normalized spacial score (nSPS) is 10.7. The van der Waals surface area contributed by atoms with Gasteiger partial charge in [0, 0.05) is 17.0 Å². The summed E-state index contributed by atoms with van der Waals surface area (Å²) in [5, 5.41) is 24.8. The van der Waals surface area contributed by atoms with Crippen LogP contribution in [-0.2, 0) is 0 Å². The van der Waals surface area contributed by atoms with Gasteiger partial charge in [-0.15, -0.1) is 0 Å². The lowest BCUT2D eigenvalue weighted by Crippen LogP contribution is -2.04. The molecule has 0 saturated carbocycles. The molecule has 2 heterocycles. The Kier molecular flexibility index (Phi) is 2.83. The predicted molar refractivity (Wildman–Crippen MR) is 72.5 cm³/mol. The minimum Gasteiger partial charge on any atom is -0.478 e. The molecule has 0 fully saturated rings. The van der Waals surface area contributed by atoms with Crippen LogP contribution in [0.15, 0.2) is 42.9 Å². The Morgan fingerprint density at radius 3 is 2.57 bits per heavy atom. The summed E-state index contributed by atoms with van der Waals surface area (Å²) in [6, 6.07) is 6.79. The molecule has 0 spiro atoms. The van der Waals surface area contributed by atoms with Crippen molar-refractivity contribution in [1.82, 2.24) is 14.8 Å². The van der Waals surface area contributed by atoms with Gasteiger partial charge in [-0.3, -0.25) is 10.1 Å². The number of nitrogens with zero attached hydrogens (tertiary/aromatic N) is 4. The number of pyridine rings is 1. The van der Waals surface area contributed by atoms with E-state index in [9.17, 15) is 14.9 Å². The minimum absolute atomic E-state index is 0.0657. The summed E-state index contributed by atoms with van der Waals surface area (Å²) in [5.74, 6) is -0.750. The number of carboxylic acids is 1. The number of carboxylic acid groups (broad SMARTS) is 1. The summed E-state index contributed by atoms with van der Waals surface area (Å²) in [6.45, 7) is 0. The lowest BCUT2D eigenvalue weighted by molar-refractivity contribution is -0.384. The first-order valence-corrected chi connectivity index (χ1v) is 5.88. The number of hydrogen-bond acceptors (Lipinski definition) is 5. The van der Waals surface area contributed by atoms with E-state index < -0.39 is 10.9 Å². The monoisotopic (exact) mass is 284 g/mol. The largest absolute Gasteiger partial charge is 0.478 e. The maximum absolute atomic E-state index is 11.2. The van der Waals surface area contributed by atoms with Crippen molar-refractivity contribution in [3.63, 3.8) is 0 Å². The molecule has 0 aliphatic heterocycles. The zero-order chi connectivity index (χ0) is 15.0. The molecule has 0 aliphatic rings. The summed E-state index contributed by atoms with van der Waals surface area (Å²) in [6.07, 6.45) is 3.56. The summed E-state index contributed by atoms with van der Waals surface area (Å²) >= 11 is 0. The lowest BCUT2D eigenvalue weighted by atomic mass is 10.1. The van der Waals surface area contributed by atoms with Crippen molar-refractivity contribution < 1.29 is 14.8 Å². The van der Waals surface area contributed by atoms with Gasteiger partial charge in [0.15, 0.2) is 5.82 Å². The first kappa shape index (κ1) is 12.7. The number of nitro groups is 1. The van der Waals surface area contributed by atoms with Crippen molar-refractivity contribution in [3.8, 4) is 5.82 Å². The Labute approximate surface area is 117 Å². The van der Waals surface area contributed by atoms with Gasteiger partial charge < -0.3 is 5.11 Å². The molecule has 3 aromatic rings. The van der Waals surface area contributed by atoms with Gasteiger partial charge in [-0.25, -0.2) is 14.5 Å². The molecule has 0 atom stereocenters. The fourth-order valence-electron chi connectivity index (χ4n) is 2.05. The maximum Gasteiger partial charge on any atom is 0.337 e. The molecular weight excluding hydrogens is 276 g/mol. The Balaban J connectivity index is 2.26. The van der Waals surface area contributed by atoms with Crippen molar-refractivity contribution >= 4 is 22.4 Å². The molecule has 0 saturated heterocycles. The van der Waals surface area contributed by atoms with Crippen LogP contribution < -0.4 is 0 Å². The molecule has 1 N–H and O–H groups in total. The van der Waals surface area contributed by atoms with Crippen LogP contribution in [0.25, 0.3) is 16.6 Å². The van der Waals surface area contributed by atoms with E-state index in [1.54, 1.807) is 24.3 Å². The fourth-order valence-corrected chi connectivity index (χ4v) is 2.05. The number of benzene rings is 1. The second-order valence-electron chi connectivity index (χ2n) is 4.25. The first-order valence-electron chi connectivity index (χ1n) is 5.88. The molecule has 104 valence electrons. The highest BCUT2D eigenvalue weighted by Gasteiger charge is 2.16. The van der Waals surface area contributed by atoms with Gasteiger partial charge in [-0.1, -0.05) is 24.3 Å². The molecule has 2 aromatic heterocycles. The minimum atomic E-state index is -1.09. The van der Waals surface area contributed by atoms with E-state index in [2.05, 4.69) is 10.1 Å². The highest BCUT2D eigenvalue weighted by Crippen LogP contribution is 2.24. The zero-order valence-electron chi connectivity index (χ0n) is 10.5. The fraction of sp³-hybridized carbons (Fsp3) is 0. The van der Waals surface area contributed by atoms with Crippen LogP contribution in [0, 0.1) is 10.1 Å². The van der Waals surface area contributed by atoms with E-state index in [0.717, 1.165) is 6.20 Å². The second kappa shape index (κ2) is 4.67. The molecule has 0 unspecified atom stereocenters. The van der Waals surface area contributed by atoms with E-state index >= 15 is 0 Å². The summed E-state index contributed by atoms with van der Waals surface area (Å²) in [7, 11) is 0. The summed E-state index contributed by atoms with van der Waals surface area (Å²) in [5.41, 5.74) is -0.0980. The van der Waals surface area contributed by atoms with Crippen LogP contribution in [0.4, 0.5) is 5.69 Å². The third kappa shape index (κ3) is 2.08. The molecule has 8 nitrogen and oxygen atoms in total. The van der Waals surface area contributed by atoms with Gasteiger partial charge in [0.1, 0.15) is 12.4 Å². The smallest absolute Gasteiger partial charge is 0.337 e. The van der Waals surface area contributed by atoms with Crippen LogP contribution in [0.2, 0.25) is 0 Å². The van der Waals surface area contributed by atoms with Crippen molar-refractivity contribution in [1.29, 1.82) is 0 Å². The summed E-state index contributed by atoms with van der Waals surface area (Å²) in [4.78, 5) is 25.4. The van der Waals surface area contributed by atoms with Crippen molar-refractivity contribution in [2.45, 2.75) is 0 Å². The van der Waals surface area contributed by atoms with E-state index in [1.807, 2.05) is 0 Å². The second-order valence-corrected chi connectivity index (χ2v) is 4.25. The highest BCUT2D eigenvalue weighted by atomic mass is 16.6. The molecule has 0 amide bonds. The molecule has 8 heteroatoms. The van der Waals surface area contributed by atoms with E-state index in [4.69, 9.17) is 5.11 Å². The first-order chi connectivity index (χ1) is 10.1. The van der Waals surface area contributed by atoms with Gasteiger partial charge in [0.05, 0.1) is 10.5 Å². The molecular formula is C13H8N4O4. The van der Waals surface area contributed by atoms with Crippen LogP contribution >= 0.6 is 0 Å². The number of carbonyl (C=O) groups is 1. The van der Waals surface area contributed by atoms with Crippen LogP contribution in [0.1, 0.15) is 10.4 Å². The van der Waals surface area contributed by atoms with Gasteiger partial charge in [0.25, 0.3) is 0 Å². The zero-order valence-corrected chi connectivity index (χ0v) is 10.5. The van der Waals surface area contributed by atoms with Crippen LogP contribution in [0.5, 0.6) is 0 Å². The molecule has 1 aromatic carbocycles. The quantitative estimate of drug-likeness (QED) is 0.581. The Bertz CT molecular complexity index is 871. The Hall–Kier alpha value is -3.29. The van der Waals surface area contributed by atoms with E-state index in [1.165, 1.54) is 17.1 Å². The predicted octanol–water partition coefficient (Wildman–Crippen LogP) is 2.03. The number of fused-ring (bicyclic) bond motifs is 1. The number of aromatic carboxylic acids is 1. The third-order valence-electron chi connectivity index (χ3n) is 3.00. The number of aromatic nitrogens is 3. The number of rotatable bonds is 3. The lowest BCUT2D eigenvalue weighted by Gasteiger charge is -2.07. The highest BCUT2D eigenvalue weighted by molar-refractivity contribution is 6.05. The van der Waals surface area contributed by atoms with E-state index in [0.29, 0.717) is 16.6 Å². The third-order valence-corrected chi connectivity index (χ3v) is 3.00. The molecule has 3 rings (SSSR count). The van der Waals surface area contributed by atoms with Crippen LogP contribution in [-0.4, -0.2) is 30.8 Å². The summed E-state index contributed by atoms with van der Waals surface area (Å²) < 4.78 is 1.26. The van der Waals surface area contributed by atoms with Crippen molar-refractivity contribution in [3.05, 3.63) is 58.5 Å². The molecule has 21 heavy (non-hydrogen) atoms. The molecule has 0 bridgehead atoms.